The highest BCUT2D eigenvalue weighted by Crippen LogP contribution is 2.37. The molecule has 0 spiro atoms. The van der Waals surface area contributed by atoms with Crippen LogP contribution in [0.4, 0.5) is 5.69 Å². The van der Waals surface area contributed by atoms with Gasteiger partial charge in [0.05, 0.1) is 38.2 Å². The zero-order valence-corrected chi connectivity index (χ0v) is 17.7. The number of rotatable bonds is 3. The summed E-state index contributed by atoms with van der Waals surface area (Å²) in [5.74, 6) is -0.938. The van der Waals surface area contributed by atoms with Gasteiger partial charge in [0.25, 0.3) is 0 Å². The van der Waals surface area contributed by atoms with E-state index in [1.54, 1.807) is 0 Å². The van der Waals surface area contributed by atoms with E-state index >= 15 is 0 Å². The molecule has 0 aliphatic heterocycles. The molecule has 20 heavy (non-hydrogen) atoms. The Bertz CT molecular complexity index is 529. The average Bonchev–Trinajstić information content (AvgIpc) is 2.37. The fourth-order valence-corrected chi connectivity index (χ4v) is 6.62. The van der Waals surface area contributed by atoms with Crippen LogP contribution >= 0.6 is 67.8 Å². The van der Waals surface area contributed by atoms with Crippen molar-refractivity contribution in [3.63, 3.8) is 0 Å². The second kappa shape index (κ2) is 7.42. The van der Waals surface area contributed by atoms with Gasteiger partial charge in [-0.3, -0.25) is 0 Å². The third-order valence-electron chi connectivity index (χ3n) is 2.52. The molecule has 0 bridgehead atoms. The molecule has 0 N–H and O–H groups in total. The first-order chi connectivity index (χ1) is 9.27. The molecule has 0 aliphatic rings. The molecule has 0 heterocycles. The summed E-state index contributed by atoms with van der Waals surface area (Å²) in [6.45, 7) is 0. The van der Waals surface area contributed by atoms with E-state index in [4.69, 9.17) is 9.47 Å². The van der Waals surface area contributed by atoms with Crippen molar-refractivity contribution in [2.24, 2.45) is 0 Å². The highest BCUT2D eigenvalue weighted by atomic mass is 127. The van der Waals surface area contributed by atoms with Crippen LogP contribution < -0.4 is 4.90 Å². The number of nitrogens with zero attached hydrogens (tertiary/aromatic N) is 1. The van der Waals surface area contributed by atoms with Crippen LogP contribution in [0.3, 0.4) is 0 Å². The maximum Gasteiger partial charge on any atom is 0.340 e. The topological polar surface area (TPSA) is 55.8 Å². The Hall–Kier alpha value is 0.150. The Kier molecular flexibility index (Phi) is 6.76. The summed E-state index contributed by atoms with van der Waals surface area (Å²) in [6.07, 6.45) is 0. The molecule has 1 aromatic rings. The quantitative estimate of drug-likeness (QED) is 0.387. The van der Waals surface area contributed by atoms with Crippen LogP contribution in [-0.4, -0.2) is 40.3 Å². The zero-order valence-electron chi connectivity index (χ0n) is 11.2. The second-order valence-corrected chi connectivity index (χ2v) is 7.15. The SMILES string of the molecule is COC(=O)c1c(I)c(C(=O)OC)c(I)c(N(C)C)c1I. The van der Waals surface area contributed by atoms with E-state index in [1.165, 1.54) is 14.2 Å². The number of benzene rings is 1. The summed E-state index contributed by atoms with van der Waals surface area (Å²) in [5.41, 5.74) is 1.57. The summed E-state index contributed by atoms with van der Waals surface area (Å²) in [7, 11) is 6.35. The lowest BCUT2D eigenvalue weighted by Gasteiger charge is -2.22. The van der Waals surface area contributed by atoms with Crippen molar-refractivity contribution < 1.29 is 19.1 Å². The van der Waals surface area contributed by atoms with Crippen LogP contribution in [0.25, 0.3) is 0 Å². The van der Waals surface area contributed by atoms with Crippen molar-refractivity contribution in [2.45, 2.75) is 0 Å². The van der Waals surface area contributed by atoms with Crippen molar-refractivity contribution in [1.29, 1.82) is 0 Å². The van der Waals surface area contributed by atoms with Gasteiger partial charge in [-0.1, -0.05) is 0 Å². The van der Waals surface area contributed by atoms with Crippen molar-refractivity contribution in [2.75, 3.05) is 33.2 Å². The third-order valence-corrected chi connectivity index (χ3v) is 5.70. The molecule has 5 nitrogen and oxygen atoms in total. The van der Waals surface area contributed by atoms with E-state index in [9.17, 15) is 9.59 Å². The van der Waals surface area contributed by atoms with Gasteiger partial charge >= 0.3 is 11.9 Å². The number of hydrogen-bond donors (Lipinski definition) is 0. The highest BCUT2D eigenvalue weighted by molar-refractivity contribution is 14.1. The molecule has 0 amide bonds. The van der Waals surface area contributed by atoms with Gasteiger partial charge in [-0.15, -0.1) is 0 Å². The lowest BCUT2D eigenvalue weighted by atomic mass is 10.1. The summed E-state index contributed by atoms with van der Waals surface area (Å²) in [4.78, 5) is 25.9. The zero-order chi connectivity index (χ0) is 15.6. The van der Waals surface area contributed by atoms with Gasteiger partial charge in [-0.2, -0.15) is 0 Å². The van der Waals surface area contributed by atoms with Crippen LogP contribution in [0.15, 0.2) is 0 Å². The number of hydrogen-bond acceptors (Lipinski definition) is 5. The molecule has 0 unspecified atom stereocenters. The average molecular weight is 615 g/mol. The van der Waals surface area contributed by atoms with Gasteiger partial charge in [0.1, 0.15) is 0 Å². The minimum absolute atomic E-state index is 0.387. The summed E-state index contributed by atoms with van der Waals surface area (Å²) in [6, 6.07) is 0. The maximum absolute atomic E-state index is 12.0. The Balaban J connectivity index is 3.83. The van der Waals surface area contributed by atoms with Crippen LogP contribution in [0.5, 0.6) is 0 Å². The number of carbonyl (C=O) groups excluding carboxylic acids is 2. The summed E-state index contributed by atoms with van der Waals surface area (Å²) >= 11 is 6.17. The first kappa shape index (κ1) is 18.2. The number of esters is 2. The van der Waals surface area contributed by atoms with Gasteiger partial charge in [0, 0.05) is 17.7 Å². The number of carbonyl (C=O) groups is 2. The van der Waals surface area contributed by atoms with Gasteiger partial charge < -0.3 is 14.4 Å². The van der Waals surface area contributed by atoms with Gasteiger partial charge in [0.15, 0.2) is 0 Å². The van der Waals surface area contributed by atoms with Crippen LogP contribution in [0.2, 0.25) is 0 Å². The van der Waals surface area contributed by atoms with Gasteiger partial charge in [0.2, 0.25) is 0 Å². The molecular formula is C12H12I3NO4. The number of halogens is 3. The fraction of sp³-hybridized carbons (Fsp3) is 0.333. The molecule has 1 aromatic carbocycles. The van der Waals surface area contributed by atoms with Crippen LogP contribution in [0, 0.1) is 10.7 Å². The largest absolute Gasteiger partial charge is 0.465 e. The predicted octanol–water partition coefficient (Wildman–Crippen LogP) is 3.14. The molecule has 0 aromatic heterocycles. The minimum atomic E-state index is -0.469. The summed E-state index contributed by atoms with van der Waals surface area (Å²) < 4.78 is 11.7. The molecule has 0 saturated carbocycles. The van der Waals surface area contributed by atoms with Gasteiger partial charge in [-0.25, -0.2) is 9.59 Å². The number of anilines is 1. The molecule has 0 radical (unpaired) electrons. The molecular weight excluding hydrogens is 603 g/mol. The predicted molar refractivity (Wildman–Crippen MR) is 102 cm³/mol. The van der Waals surface area contributed by atoms with Gasteiger partial charge in [-0.05, 0) is 67.8 Å². The van der Waals surface area contributed by atoms with E-state index in [1.807, 2.05) is 41.6 Å². The fourth-order valence-electron chi connectivity index (χ4n) is 1.61. The molecule has 8 heteroatoms. The molecule has 0 fully saturated rings. The van der Waals surface area contributed by atoms with Crippen molar-refractivity contribution in [3.8, 4) is 0 Å². The van der Waals surface area contributed by atoms with E-state index in [0.29, 0.717) is 14.7 Å². The normalized spacial score (nSPS) is 10.2. The Labute approximate surface area is 158 Å². The third kappa shape index (κ3) is 3.31. The van der Waals surface area contributed by atoms with Crippen molar-refractivity contribution in [3.05, 3.63) is 21.8 Å². The molecule has 0 saturated heterocycles. The van der Waals surface area contributed by atoms with E-state index in [2.05, 4.69) is 45.2 Å². The molecule has 1 rings (SSSR count). The smallest absolute Gasteiger partial charge is 0.340 e. The number of methoxy groups -OCH3 is 2. The Morgan fingerprint density at radius 1 is 0.850 bits per heavy atom. The molecule has 0 atom stereocenters. The monoisotopic (exact) mass is 615 g/mol. The molecule has 0 aliphatic carbocycles. The molecule has 110 valence electrons. The summed E-state index contributed by atoms with van der Waals surface area (Å²) in [5, 5.41) is 0. The van der Waals surface area contributed by atoms with Crippen molar-refractivity contribution >= 4 is 85.4 Å². The minimum Gasteiger partial charge on any atom is -0.465 e. The van der Waals surface area contributed by atoms with Crippen molar-refractivity contribution in [1.82, 2.24) is 0 Å². The second-order valence-electron chi connectivity index (χ2n) is 3.92. The Morgan fingerprint density at radius 2 is 1.20 bits per heavy atom. The standard InChI is InChI=1S/C12H12I3NO4/c1-16(2)10-8(14)5(11(17)19-3)7(13)6(9(10)15)12(18)20-4/h1-4H3. The Morgan fingerprint density at radius 3 is 1.45 bits per heavy atom. The lowest BCUT2D eigenvalue weighted by molar-refractivity contribution is 0.0595. The van der Waals surface area contributed by atoms with Crippen LogP contribution in [0.1, 0.15) is 20.7 Å². The number of ether oxygens (including phenoxy) is 2. The maximum atomic E-state index is 12.0. The first-order valence-electron chi connectivity index (χ1n) is 5.32. The van der Waals surface area contributed by atoms with E-state index in [0.717, 1.165) is 12.8 Å². The lowest BCUT2D eigenvalue weighted by Crippen LogP contribution is -2.21. The van der Waals surface area contributed by atoms with Crippen LogP contribution in [-0.2, 0) is 9.47 Å². The van der Waals surface area contributed by atoms with E-state index < -0.39 is 11.9 Å². The highest BCUT2D eigenvalue weighted by Gasteiger charge is 2.29. The van der Waals surface area contributed by atoms with E-state index in [-0.39, 0.29) is 0 Å². The first-order valence-corrected chi connectivity index (χ1v) is 8.55.